The van der Waals surface area contributed by atoms with E-state index in [-0.39, 0.29) is 0 Å². The summed E-state index contributed by atoms with van der Waals surface area (Å²) in [6.07, 6.45) is 0. The lowest BCUT2D eigenvalue weighted by Crippen LogP contribution is -1.91. The summed E-state index contributed by atoms with van der Waals surface area (Å²) in [4.78, 5) is 0. The molecule has 0 nitrogen and oxygen atoms in total. The van der Waals surface area contributed by atoms with E-state index in [2.05, 4.69) is 20.4 Å². The van der Waals surface area contributed by atoms with Gasteiger partial charge >= 0.3 is 0 Å². The lowest BCUT2D eigenvalue weighted by Gasteiger charge is -2.01. The molecule has 7 heavy (non-hydrogen) atoms. The van der Waals surface area contributed by atoms with Crippen LogP contribution in [0.2, 0.25) is 0 Å². The molecule has 0 N–H and O–H groups in total. The van der Waals surface area contributed by atoms with E-state index >= 15 is 0 Å². The quantitative estimate of drug-likeness (QED) is 0.386. The van der Waals surface area contributed by atoms with Gasteiger partial charge < -0.3 is 0 Å². The van der Waals surface area contributed by atoms with Crippen molar-refractivity contribution < 1.29 is 0 Å². The highest BCUT2D eigenvalue weighted by atomic mass is 35.5. The molecule has 0 amide bonds. The Morgan fingerprint density at radius 3 is 2.14 bits per heavy atom. The molecule has 0 aromatic carbocycles. The zero-order valence-electron chi connectivity index (χ0n) is 4.87. The molecular formula is C6H11Cl. The van der Waals surface area contributed by atoms with Crippen molar-refractivity contribution in [2.45, 2.75) is 13.8 Å². The van der Waals surface area contributed by atoms with Crippen LogP contribution >= 0.6 is 11.6 Å². The van der Waals surface area contributed by atoms with Gasteiger partial charge in [-0.1, -0.05) is 26.0 Å². The molecule has 0 aliphatic rings. The molecule has 0 saturated carbocycles. The van der Waals surface area contributed by atoms with Crippen molar-refractivity contribution in [3.05, 3.63) is 12.2 Å². The van der Waals surface area contributed by atoms with Crippen LogP contribution < -0.4 is 0 Å². The van der Waals surface area contributed by atoms with Gasteiger partial charge in [0.1, 0.15) is 0 Å². The second kappa shape index (κ2) is 3.09. The normalized spacial score (nSPS) is 9.71. The Labute approximate surface area is 50.2 Å². The maximum Gasteiger partial charge on any atom is 0.0433 e. The molecule has 0 aliphatic heterocycles. The first-order valence-corrected chi connectivity index (χ1v) is 2.95. The SMILES string of the molecule is C=C(CCl)C(C)C. The van der Waals surface area contributed by atoms with Gasteiger partial charge in [-0.05, 0) is 5.92 Å². The van der Waals surface area contributed by atoms with Crippen molar-refractivity contribution in [1.29, 1.82) is 0 Å². The van der Waals surface area contributed by atoms with E-state index in [4.69, 9.17) is 11.6 Å². The van der Waals surface area contributed by atoms with E-state index in [1.54, 1.807) is 0 Å². The third-order valence-corrected chi connectivity index (χ3v) is 1.33. The number of rotatable bonds is 2. The fourth-order valence-electron chi connectivity index (χ4n) is 0.154. The Morgan fingerprint density at radius 2 is 2.14 bits per heavy atom. The Bertz CT molecular complexity index is 64.6. The number of allylic oxidation sites excluding steroid dienone is 1. The second-order valence-corrected chi connectivity index (χ2v) is 2.21. The van der Waals surface area contributed by atoms with Crippen molar-refractivity contribution >= 4 is 11.6 Å². The highest BCUT2D eigenvalue weighted by Gasteiger charge is 1.94. The fraction of sp³-hybridized carbons (Fsp3) is 0.667. The third-order valence-electron chi connectivity index (χ3n) is 0.988. The van der Waals surface area contributed by atoms with Gasteiger partial charge in [-0.3, -0.25) is 0 Å². The summed E-state index contributed by atoms with van der Waals surface area (Å²) in [6.45, 7) is 7.92. The zero-order chi connectivity index (χ0) is 5.86. The maximum absolute atomic E-state index is 5.45. The van der Waals surface area contributed by atoms with Gasteiger partial charge in [-0.2, -0.15) is 0 Å². The molecule has 0 spiro atoms. The van der Waals surface area contributed by atoms with E-state index in [1.165, 1.54) is 0 Å². The molecule has 0 radical (unpaired) electrons. The van der Waals surface area contributed by atoms with Crippen molar-refractivity contribution in [2.24, 2.45) is 5.92 Å². The first-order chi connectivity index (χ1) is 3.18. The van der Waals surface area contributed by atoms with E-state index in [9.17, 15) is 0 Å². The Morgan fingerprint density at radius 1 is 1.71 bits per heavy atom. The van der Waals surface area contributed by atoms with Crippen molar-refractivity contribution in [1.82, 2.24) is 0 Å². The highest BCUT2D eigenvalue weighted by molar-refractivity contribution is 6.19. The van der Waals surface area contributed by atoms with Crippen molar-refractivity contribution in [2.75, 3.05) is 5.88 Å². The summed E-state index contributed by atoms with van der Waals surface area (Å²) < 4.78 is 0. The molecule has 0 bridgehead atoms. The molecule has 0 rings (SSSR count). The van der Waals surface area contributed by atoms with E-state index in [1.807, 2.05) is 0 Å². The smallest absolute Gasteiger partial charge is 0.0433 e. The molecule has 42 valence electrons. The van der Waals surface area contributed by atoms with Crippen LogP contribution in [-0.4, -0.2) is 5.88 Å². The molecule has 0 aliphatic carbocycles. The second-order valence-electron chi connectivity index (χ2n) is 1.95. The lowest BCUT2D eigenvalue weighted by atomic mass is 10.1. The molecule has 0 fully saturated rings. The van der Waals surface area contributed by atoms with E-state index in [0.717, 1.165) is 5.57 Å². The van der Waals surface area contributed by atoms with E-state index in [0.29, 0.717) is 11.8 Å². The topological polar surface area (TPSA) is 0 Å². The predicted molar refractivity (Wildman–Crippen MR) is 34.7 cm³/mol. The standard InChI is InChI=1S/C6H11Cl/c1-5(2)6(3)4-7/h5H,3-4H2,1-2H3. The zero-order valence-corrected chi connectivity index (χ0v) is 5.63. The largest absolute Gasteiger partial charge is 0.122 e. The first-order valence-electron chi connectivity index (χ1n) is 2.42. The van der Waals surface area contributed by atoms with Gasteiger partial charge in [0.15, 0.2) is 0 Å². The van der Waals surface area contributed by atoms with E-state index < -0.39 is 0 Å². The minimum Gasteiger partial charge on any atom is -0.122 e. The summed E-state index contributed by atoms with van der Waals surface area (Å²) in [5.41, 5.74) is 1.11. The average molecular weight is 119 g/mol. The maximum atomic E-state index is 5.45. The summed E-state index contributed by atoms with van der Waals surface area (Å²) in [6, 6.07) is 0. The van der Waals surface area contributed by atoms with Crippen LogP contribution in [0.3, 0.4) is 0 Å². The van der Waals surface area contributed by atoms with Gasteiger partial charge in [-0.25, -0.2) is 0 Å². The van der Waals surface area contributed by atoms with Gasteiger partial charge in [-0.15, -0.1) is 11.6 Å². The number of halogens is 1. The number of hydrogen-bond acceptors (Lipinski definition) is 0. The highest BCUT2D eigenvalue weighted by Crippen LogP contribution is 2.06. The van der Waals surface area contributed by atoms with Crippen LogP contribution in [0.5, 0.6) is 0 Å². The van der Waals surface area contributed by atoms with Crippen molar-refractivity contribution in [3.8, 4) is 0 Å². The molecule has 0 heterocycles. The Balaban J connectivity index is 3.35. The predicted octanol–water partition coefficient (Wildman–Crippen LogP) is 2.44. The number of hydrogen-bond donors (Lipinski definition) is 0. The van der Waals surface area contributed by atoms with Crippen LogP contribution in [-0.2, 0) is 0 Å². The third kappa shape index (κ3) is 2.69. The minimum atomic E-state index is 0.539. The summed E-state index contributed by atoms with van der Waals surface area (Å²) >= 11 is 5.45. The van der Waals surface area contributed by atoms with Gasteiger partial charge in [0.05, 0.1) is 0 Å². The summed E-state index contributed by atoms with van der Waals surface area (Å²) in [5, 5.41) is 0. The van der Waals surface area contributed by atoms with Gasteiger partial charge in [0.2, 0.25) is 0 Å². The Kier molecular flexibility index (Phi) is 3.10. The van der Waals surface area contributed by atoms with Crippen LogP contribution in [0.1, 0.15) is 13.8 Å². The van der Waals surface area contributed by atoms with Gasteiger partial charge in [0.25, 0.3) is 0 Å². The molecule has 0 aromatic heterocycles. The molecule has 1 heteroatoms. The summed E-state index contributed by atoms with van der Waals surface area (Å²) in [7, 11) is 0. The van der Waals surface area contributed by atoms with Crippen molar-refractivity contribution in [3.63, 3.8) is 0 Å². The van der Waals surface area contributed by atoms with Gasteiger partial charge in [0, 0.05) is 5.88 Å². The number of alkyl halides is 1. The van der Waals surface area contributed by atoms with Crippen LogP contribution in [0.15, 0.2) is 12.2 Å². The monoisotopic (exact) mass is 118 g/mol. The molecule has 0 atom stereocenters. The average Bonchev–Trinajstić information content (AvgIpc) is 1.65. The van der Waals surface area contributed by atoms with Crippen LogP contribution in [0.25, 0.3) is 0 Å². The minimum absolute atomic E-state index is 0.539. The molecule has 0 saturated heterocycles. The Hall–Kier alpha value is 0.0300. The lowest BCUT2D eigenvalue weighted by molar-refractivity contribution is 0.775. The summed E-state index contributed by atoms with van der Waals surface area (Å²) in [5.74, 6) is 1.13. The fourth-order valence-corrected chi connectivity index (χ4v) is 0.463. The van der Waals surface area contributed by atoms with Crippen LogP contribution in [0, 0.1) is 5.92 Å². The molecule has 0 aromatic rings. The van der Waals surface area contributed by atoms with Crippen LogP contribution in [0.4, 0.5) is 0 Å². The molecule has 0 unspecified atom stereocenters. The molecular weight excluding hydrogens is 108 g/mol. The first kappa shape index (κ1) is 7.03.